The number of likely N-dealkylation sites (N-methyl/N-ethyl adjacent to an activating group) is 1. The van der Waals surface area contributed by atoms with Crippen LogP contribution in [0.4, 0.5) is 0 Å². The van der Waals surface area contributed by atoms with Crippen molar-refractivity contribution >= 4 is 17.7 Å². The number of carbonyl (C=O) groups excluding carboxylic acids is 1. The predicted molar refractivity (Wildman–Crippen MR) is 78.6 cm³/mol. The van der Waals surface area contributed by atoms with Gasteiger partial charge in [-0.25, -0.2) is 4.98 Å². The summed E-state index contributed by atoms with van der Waals surface area (Å²) in [5, 5.41) is 3.84. The predicted octanol–water partition coefficient (Wildman–Crippen LogP) is 2.02. The molecule has 1 aliphatic rings. The van der Waals surface area contributed by atoms with Crippen molar-refractivity contribution in [3.63, 3.8) is 0 Å². The van der Waals surface area contributed by atoms with Crippen molar-refractivity contribution in [1.82, 2.24) is 15.2 Å². The number of thioether (sulfide) groups is 1. The molecular weight excluding hydrogens is 258 g/mol. The topological polar surface area (TPSA) is 45.2 Å². The Labute approximate surface area is 119 Å². The summed E-state index contributed by atoms with van der Waals surface area (Å²) in [7, 11) is 0. The number of amides is 1. The molecule has 1 fully saturated rings. The van der Waals surface area contributed by atoms with Crippen molar-refractivity contribution in [3.05, 3.63) is 23.9 Å². The summed E-state index contributed by atoms with van der Waals surface area (Å²) >= 11 is 1.50. The number of aromatic nitrogens is 1. The SMILES string of the molecule is CCN1CCCC1CNC(=O)c1cccnc1SC. The Hall–Kier alpha value is -1.07. The van der Waals surface area contributed by atoms with Gasteiger partial charge in [-0.1, -0.05) is 6.92 Å². The van der Waals surface area contributed by atoms with E-state index in [-0.39, 0.29) is 5.91 Å². The van der Waals surface area contributed by atoms with Crippen LogP contribution in [0.25, 0.3) is 0 Å². The Morgan fingerprint density at radius 3 is 3.21 bits per heavy atom. The van der Waals surface area contributed by atoms with E-state index < -0.39 is 0 Å². The lowest BCUT2D eigenvalue weighted by molar-refractivity contribution is 0.0937. The van der Waals surface area contributed by atoms with Crippen LogP contribution in [-0.4, -0.2) is 47.7 Å². The van der Waals surface area contributed by atoms with Crippen LogP contribution in [0.2, 0.25) is 0 Å². The second-order valence-electron chi connectivity index (χ2n) is 4.69. The van der Waals surface area contributed by atoms with E-state index in [0.717, 1.165) is 24.7 Å². The fourth-order valence-corrected chi connectivity index (χ4v) is 3.12. The first kappa shape index (κ1) is 14.3. The van der Waals surface area contributed by atoms with Gasteiger partial charge in [0.05, 0.1) is 5.56 Å². The summed E-state index contributed by atoms with van der Waals surface area (Å²) < 4.78 is 0. The van der Waals surface area contributed by atoms with Crippen LogP contribution < -0.4 is 5.32 Å². The molecule has 1 atom stereocenters. The normalized spacial score (nSPS) is 19.6. The zero-order valence-electron chi connectivity index (χ0n) is 11.6. The van der Waals surface area contributed by atoms with Gasteiger partial charge in [0.25, 0.3) is 5.91 Å². The van der Waals surface area contributed by atoms with Gasteiger partial charge in [0.1, 0.15) is 5.03 Å². The van der Waals surface area contributed by atoms with Crippen molar-refractivity contribution in [1.29, 1.82) is 0 Å². The summed E-state index contributed by atoms with van der Waals surface area (Å²) in [6, 6.07) is 4.13. The van der Waals surface area contributed by atoms with Crippen LogP contribution >= 0.6 is 11.8 Å². The van der Waals surface area contributed by atoms with Gasteiger partial charge in [-0.15, -0.1) is 11.8 Å². The van der Waals surface area contributed by atoms with E-state index in [1.165, 1.54) is 24.6 Å². The van der Waals surface area contributed by atoms with Gasteiger partial charge in [-0.05, 0) is 44.3 Å². The van der Waals surface area contributed by atoms with Crippen LogP contribution in [0.1, 0.15) is 30.1 Å². The maximum absolute atomic E-state index is 12.2. The summed E-state index contributed by atoms with van der Waals surface area (Å²) in [6.07, 6.45) is 6.07. The summed E-state index contributed by atoms with van der Waals surface area (Å²) in [4.78, 5) is 18.8. The Bertz CT molecular complexity index is 438. The zero-order chi connectivity index (χ0) is 13.7. The van der Waals surface area contributed by atoms with E-state index in [1.54, 1.807) is 6.20 Å². The molecule has 2 heterocycles. The molecule has 1 saturated heterocycles. The fourth-order valence-electron chi connectivity index (χ4n) is 2.57. The van der Waals surface area contributed by atoms with Gasteiger partial charge in [0.2, 0.25) is 0 Å². The largest absolute Gasteiger partial charge is 0.350 e. The number of rotatable bonds is 5. The van der Waals surface area contributed by atoms with Crippen LogP contribution in [0.15, 0.2) is 23.4 Å². The molecule has 1 N–H and O–H groups in total. The number of hydrogen-bond acceptors (Lipinski definition) is 4. The van der Waals surface area contributed by atoms with E-state index >= 15 is 0 Å². The molecule has 0 bridgehead atoms. The lowest BCUT2D eigenvalue weighted by atomic mass is 10.2. The number of hydrogen-bond donors (Lipinski definition) is 1. The van der Waals surface area contributed by atoms with E-state index in [4.69, 9.17) is 0 Å². The Morgan fingerprint density at radius 1 is 1.63 bits per heavy atom. The monoisotopic (exact) mass is 279 g/mol. The summed E-state index contributed by atoms with van der Waals surface area (Å²) in [6.45, 7) is 5.12. The number of nitrogens with one attached hydrogen (secondary N) is 1. The van der Waals surface area contributed by atoms with Gasteiger partial charge >= 0.3 is 0 Å². The molecular formula is C14H21N3OS. The van der Waals surface area contributed by atoms with Crippen molar-refractivity contribution in [2.45, 2.75) is 30.8 Å². The number of pyridine rings is 1. The van der Waals surface area contributed by atoms with Crippen LogP contribution in [-0.2, 0) is 0 Å². The molecule has 1 aromatic heterocycles. The maximum atomic E-state index is 12.2. The van der Waals surface area contributed by atoms with Crippen LogP contribution in [0.5, 0.6) is 0 Å². The van der Waals surface area contributed by atoms with Crippen molar-refractivity contribution in [3.8, 4) is 0 Å². The minimum Gasteiger partial charge on any atom is -0.350 e. The van der Waals surface area contributed by atoms with Crippen LogP contribution in [0.3, 0.4) is 0 Å². The molecule has 0 saturated carbocycles. The molecule has 1 amide bonds. The number of likely N-dealkylation sites (tertiary alicyclic amines) is 1. The smallest absolute Gasteiger partial charge is 0.254 e. The van der Waals surface area contributed by atoms with Gasteiger partial charge in [0.15, 0.2) is 0 Å². The van der Waals surface area contributed by atoms with Gasteiger partial charge < -0.3 is 5.32 Å². The van der Waals surface area contributed by atoms with Crippen molar-refractivity contribution in [2.24, 2.45) is 0 Å². The Balaban J connectivity index is 1.94. The van der Waals surface area contributed by atoms with Gasteiger partial charge in [-0.2, -0.15) is 0 Å². The summed E-state index contributed by atoms with van der Waals surface area (Å²) in [5.41, 5.74) is 0.677. The quantitative estimate of drug-likeness (QED) is 0.838. The average molecular weight is 279 g/mol. The first-order valence-corrected chi connectivity index (χ1v) is 8.00. The number of carbonyl (C=O) groups is 1. The average Bonchev–Trinajstić information content (AvgIpc) is 2.92. The molecule has 0 aliphatic carbocycles. The third-order valence-corrected chi connectivity index (χ3v) is 4.32. The third kappa shape index (κ3) is 3.48. The van der Waals surface area contributed by atoms with E-state index in [0.29, 0.717) is 11.6 Å². The lowest BCUT2D eigenvalue weighted by Gasteiger charge is -2.23. The van der Waals surface area contributed by atoms with E-state index in [1.807, 2.05) is 18.4 Å². The lowest BCUT2D eigenvalue weighted by Crippen LogP contribution is -2.40. The minimum atomic E-state index is -0.0135. The molecule has 1 aromatic rings. The molecule has 0 radical (unpaired) electrons. The Morgan fingerprint density at radius 2 is 2.47 bits per heavy atom. The van der Waals surface area contributed by atoms with E-state index in [9.17, 15) is 4.79 Å². The van der Waals surface area contributed by atoms with Crippen LogP contribution in [0, 0.1) is 0 Å². The fraction of sp³-hybridized carbons (Fsp3) is 0.571. The first-order chi connectivity index (χ1) is 9.26. The molecule has 1 unspecified atom stereocenters. The molecule has 0 spiro atoms. The molecule has 4 nitrogen and oxygen atoms in total. The Kier molecular flexibility index (Phi) is 5.22. The first-order valence-electron chi connectivity index (χ1n) is 6.77. The van der Waals surface area contributed by atoms with E-state index in [2.05, 4.69) is 22.1 Å². The molecule has 2 rings (SSSR count). The second-order valence-corrected chi connectivity index (χ2v) is 5.49. The summed E-state index contributed by atoms with van der Waals surface area (Å²) in [5.74, 6) is -0.0135. The highest BCUT2D eigenvalue weighted by molar-refractivity contribution is 7.98. The zero-order valence-corrected chi connectivity index (χ0v) is 12.4. The highest BCUT2D eigenvalue weighted by Gasteiger charge is 2.23. The van der Waals surface area contributed by atoms with Gasteiger partial charge in [0, 0.05) is 18.8 Å². The number of nitrogens with zero attached hydrogens (tertiary/aromatic N) is 2. The maximum Gasteiger partial charge on any atom is 0.254 e. The molecule has 0 aromatic carbocycles. The van der Waals surface area contributed by atoms with Crippen molar-refractivity contribution in [2.75, 3.05) is 25.9 Å². The highest BCUT2D eigenvalue weighted by Crippen LogP contribution is 2.18. The molecule has 5 heteroatoms. The molecule has 1 aliphatic heterocycles. The van der Waals surface area contributed by atoms with Crippen molar-refractivity contribution < 1.29 is 4.79 Å². The second kappa shape index (κ2) is 6.91. The highest BCUT2D eigenvalue weighted by atomic mass is 32.2. The standard InChI is InChI=1S/C14H21N3OS/c1-3-17-9-5-6-11(17)10-16-13(18)12-7-4-8-15-14(12)19-2/h4,7-8,11H,3,5-6,9-10H2,1-2H3,(H,16,18). The molecule has 19 heavy (non-hydrogen) atoms. The molecule has 104 valence electrons. The minimum absolute atomic E-state index is 0.0135. The van der Waals surface area contributed by atoms with Gasteiger partial charge in [-0.3, -0.25) is 9.69 Å². The third-order valence-electron chi connectivity index (χ3n) is 3.61.